The van der Waals surface area contributed by atoms with Crippen molar-refractivity contribution in [3.8, 4) is 0 Å². The lowest BCUT2D eigenvalue weighted by Gasteiger charge is -2.22. The highest BCUT2D eigenvalue weighted by atomic mass is 16.1. The molecule has 1 amide bonds. The van der Waals surface area contributed by atoms with Crippen LogP contribution in [-0.2, 0) is 12.8 Å². The summed E-state index contributed by atoms with van der Waals surface area (Å²) in [5, 5.41) is 6.45. The number of aryl methyl sites for hydroxylation is 2. The van der Waals surface area contributed by atoms with Crippen molar-refractivity contribution >= 4 is 5.91 Å². The molecule has 3 heteroatoms. The average molecular weight is 272 g/mol. The number of nitrogens with one attached hydrogen (secondary N) is 2. The fourth-order valence-corrected chi connectivity index (χ4v) is 3.38. The summed E-state index contributed by atoms with van der Waals surface area (Å²) >= 11 is 0. The van der Waals surface area contributed by atoms with Crippen molar-refractivity contribution < 1.29 is 4.79 Å². The van der Waals surface area contributed by atoms with Gasteiger partial charge in [0.25, 0.3) is 5.91 Å². The van der Waals surface area contributed by atoms with Crippen LogP contribution in [0.15, 0.2) is 18.2 Å². The highest BCUT2D eigenvalue weighted by Crippen LogP contribution is 2.22. The van der Waals surface area contributed by atoms with E-state index in [1.165, 1.54) is 36.8 Å². The Morgan fingerprint density at radius 3 is 2.85 bits per heavy atom. The maximum atomic E-state index is 12.2. The molecule has 0 saturated carbocycles. The SMILES string of the molecule is O=C(NCCC1CCNCC1)c1ccc2c(c1)CCC2. The van der Waals surface area contributed by atoms with E-state index < -0.39 is 0 Å². The summed E-state index contributed by atoms with van der Waals surface area (Å²) < 4.78 is 0. The van der Waals surface area contributed by atoms with Gasteiger partial charge in [0, 0.05) is 12.1 Å². The predicted octanol–water partition coefficient (Wildman–Crippen LogP) is 2.29. The largest absolute Gasteiger partial charge is 0.352 e. The van der Waals surface area contributed by atoms with Gasteiger partial charge in [-0.3, -0.25) is 4.79 Å². The Balaban J connectivity index is 1.49. The molecule has 1 aromatic carbocycles. The maximum Gasteiger partial charge on any atom is 0.251 e. The number of carbonyl (C=O) groups is 1. The molecule has 2 N–H and O–H groups in total. The first kappa shape index (κ1) is 13.6. The fraction of sp³-hybridized carbons (Fsp3) is 0.588. The van der Waals surface area contributed by atoms with Gasteiger partial charge in [-0.25, -0.2) is 0 Å². The quantitative estimate of drug-likeness (QED) is 0.883. The van der Waals surface area contributed by atoms with Crippen LogP contribution in [0.25, 0.3) is 0 Å². The molecule has 1 saturated heterocycles. The highest BCUT2D eigenvalue weighted by Gasteiger charge is 2.15. The second-order valence-electron chi connectivity index (χ2n) is 6.07. The van der Waals surface area contributed by atoms with E-state index in [1.807, 2.05) is 6.07 Å². The Bertz CT molecular complexity index is 478. The van der Waals surface area contributed by atoms with Crippen molar-refractivity contribution in [3.63, 3.8) is 0 Å². The lowest BCUT2D eigenvalue weighted by Crippen LogP contribution is -2.31. The molecule has 0 unspecified atom stereocenters. The number of carbonyl (C=O) groups excluding carboxylic acids is 1. The van der Waals surface area contributed by atoms with E-state index in [1.54, 1.807) is 0 Å². The first-order chi connectivity index (χ1) is 9.83. The van der Waals surface area contributed by atoms with Crippen LogP contribution in [-0.4, -0.2) is 25.5 Å². The van der Waals surface area contributed by atoms with E-state index in [4.69, 9.17) is 0 Å². The first-order valence-corrected chi connectivity index (χ1v) is 7.93. The Labute approximate surface area is 121 Å². The van der Waals surface area contributed by atoms with Crippen LogP contribution in [0.2, 0.25) is 0 Å². The zero-order valence-corrected chi connectivity index (χ0v) is 12.1. The van der Waals surface area contributed by atoms with Gasteiger partial charge >= 0.3 is 0 Å². The highest BCUT2D eigenvalue weighted by molar-refractivity contribution is 5.94. The van der Waals surface area contributed by atoms with E-state index >= 15 is 0 Å². The smallest absolute Gasteiger partial charge is 0.251 e. The van der Waals surface area contributed by atoms with Crippen molar-refractivity contribution in [1.29, 1.82) is 0 Å². The van der Waals surface area contributed by atoms with E-state index in [9.17, 15) is 4.79 Å². The van der Waals surface area contributed by atoms with E-state index in [0.717, 1.165) is 44.0 Å². The van der Waals surface area contributed by atoms with Crippen molar-refractivity contribution in [2.75, 3.05) is 19.6 Å². The monoisotopic (exact) mass is 272 g/mol. The molecular formula is C17H24N2O. The number of piperidine rings is 1. The molecule has 108 valence electrons. The number of hydrogen-bond acceptors (Lipinski definition) is 2. The molecule has 1 heterocycles. The normalized spacial score (nSPS) is 18.8. The van der Waals surface area contributed by atoms with Crippen LogP contribution in [0, 0.1) is 5.92 Å². The molecule has 1 aliphatic carbocycles. The minimum Gasteiger partial charge on any atom is -0.352 e. The average Bonchev–Trinajstić information content (AvgIpc) is 2.95. The van der Waals surface area contributed by atoms with E-state index in [2.05, 4.69) is 22.8 Å². The van der Waals surface area contributed by atoms with Gasteiger partial charge in [0.05, 0.1) is 0 Å². The molecule has 0 bridgehead atoms. The molecule has 0 spiro atoms. The molecule has 0 radical (unpaired) electrons. The Morgan fingerprint density at radius 1 is 1.20 bits per heavy atom. The van der Waals surface area contributed by atoms with Crippen LogP contribution in [0.4, 0.5) is 0 Å². The predicted molar refractivity (Wildman–Crippen MR) is 81.0 cm³/mol. The van der Waals surface area contributed by atoms with Crippen molar-refractivity contribution in [2.45, 2.75) is 38.5 Å². The molecular weight excluding hydrogens is 248 g/mol. The number of benzene rings is 1. The van der Waals surface area contributed by atoms with Crippen LogP contribution in [0.5, 0.6) is 0 Å². The summed E-state index contributed by atoms with van der Waals surface area (Å²) in [5.41, 5.74) is 3.63. The summed E-state index contributed by atoms with van der Waals surface area (Å²) in [6.07, 6.45) is 7.14. The van der Waals surface area contributed by atoms with E-state index in [0.29, 0.717) is 0 Å². The Hall–Kier alpha value is -1.35. The standard InChI is InChI=1S/C17H24N2O/c20-17(19-11-8-13-6-9-18-10-7-13)16-5-4-14-2-1-3-15(14)12-16/h4-5,12-13,18H,1-3,6-11H2,(H,19,20). The first-order valence-electron chi connectivity index (χ1n) is 7.93. The van der Waals surface area contributed by atoms with Gasteiger partial charge in [-0.2, -0.15) is 0 Å². The third kappa shape index (κ3) is 3.21. The maximum absolute atomic E-state index is 12.2. The van der Waals surface area contributed by atoms with Gasteiger partial charge in [-0.05, 0) is 80.8 Å². The lowest BCUT2D eigenvalue weighted by atomic mass is 9.95. The van der Waals surface area contributed by atoms with Crippen molar-refractivity contribution in [2.24, 2.45) is 5.92 Å². The number of fused-ring (bicyclic) bond motifs is 1. The molecule has 1 aromatic rings. The molecule has 2 aliphatic rings. The molecule has 0 aromatic heterocycles. The van der Waals surface area contributed by atoms with Crippen molar-refractivity contribution in [3.05, 3.63) is 34.9 Å². The number of hydrogen-bond donors (Lipinski definition) is 2. The van der Waals surface area contributed by atoms with Gasteiger partial charge in [-0.15, -0.1) is 0 Å². The summed E-state index contributed by atoms with van der Waals surface area (Å²) in [6.45, 7) is 3.06. The number of amides is 1. The zero-order chi connectivity index (χ0) is 13.8. The van der Waals surface area contributed by atoms with Gasteiger partial charge in [0.1, 0.15) is 0 Å². The Kier molecular flexibility index (Phi) is 4.36. The summed E-state index contributed by atoms with van der Waals surface area (Å²) in [4.78, 5) is 12.2. The summed E-state index contributed by atoms with van der Waals surface area (Å²) in [7, 11) is 0. The third-order valence-electron chi connectivity index (χ3n) is 4.66. The van der Waals surface area contributed by atoms with Gasteiger partial charge in [0.15, 0.2) is 0 Å². The summed E-state index contributed by atoms with van der Waals surface area (Å²) in [6, 6.07) is 6.19. The minimum atomic E-state index is 0.0913. The minimum absolute atomic E-state index is 0.0913. The molecule has 20 heavy (non-hydrogen) atoms. The second-order valence-corrected chi connectivity index (χ2v) is 6.07. The van der Waals surface area contributed by atoms with Crippen LogP contribution >= 0.6 is 0 Å². The Morgan fingerprint density at radius 2 is 2.00 bits per heavy atom. The second kappa shape index (κ2) is 6.40. The van der Waals surface area contributed by atoms with Gasteiger partial charge in [-0.1, -0.05) is 6.07 Å². The van der Waals surface area contributed by atoms with Gasteiger partial charge in [0.2, 0.25) is 0 Å². The topological polar surface area (TPSA) is 41.1 Å². The lowest BCUT2D eigenvalue weighted by molar-refractivity contribution is 0.0950. The number of rotatable bonds is 4. The van der Waals surface area contributed by atoms with E-state index in [-0.39, 0.29) is 5.91 Å². The van der Waals surface area contributed by atoms with Gasteiger partial charge < -0.3 is 10.6 Å². The fourth-order valence-electron chi connectivity index (χ4n) is 3.38. The molecule has 3 rings (SSSR count). The van der Waals surface area contributed by atoms with Crippen LogP contribution < -0.4 is 10.6 Å². The van der Waals surface area contributed by atoms with Crippen molar-refractivity contribution in [1.82, 2.24) is 10.6 Å². The zero-order valence-electron chi connectivity index (χ0n) is 12.1. The van der Waals surface area contributed by atoms with Crippen LogP contribution in [0.1, 0.15) is 47.2 Å². The van der Waals surface area contributed by atoms with Crippen LogP contribution in [0.3, 0.4) is 0 Å². The summed E-state index contributed by atoms with van der Waals surface area (Å²) in [5.74, 6) is 0.866. The molecule has 1 fully saturated rings. The third-order valence-corrected chi connectivity index (χ3v) is 4.66. The molecule has 3 nitrogen and oxygen atoms in total. The molecule has 1 aliphatic heterocycles. The molecule has 0 atom stereocenters.